The fourth-order valence-electron chi connectivity index (χ4n) is 3.41. The van der Waals surface area contributed by atoms with Crippen LogP contribution in [0, 0.1) is 0 Å². The number of carboxylic acids is 1. The van der Waals surface area contributed by atoms with Crippen LogP contribution in [0.5, 0.6) is 0 Å². The van der Waals surface area contributed by atoms with E-state index in [9.17, 15) is 14.4 Å². The molecule has 0 saturated carbocycles. The minimum atomic E-state index is -1.02. The largest absolute Gasteiger partial charge is 0.477 e. The van der Waals surface area contributed by atoms with E-state index in [-0.39, 0.29) is 10.8 Å². The van der Waals surface area contributed by atoms with Crippen molar-refractivity contribution in [2.24, 2.45) is 0 Å². The highest BCUT2D eigenvalue weighted by molar-refractivity contribution is 7.15. The average Bonchev–Trinajstić information content (AvgIpc) is 3.28. The van der Waals surface area contributed by atoms with Crippen LogP contribution in [-0.4, -0.2) is 36.2 Å². The highest BCUT2D eigenvalue weighted by Crippen LogP contribution is 2.18. The molecule has 0 unspecified atom stereocenters. The maximum atomic E-state index is 11.9. The molecule has 0 aliphatic heterocycles. The fourth-order valence-corrected chi connectivity index (χ4v) is 4.15. The topological polar surface area (TPSA) is 89.9 Å². The van der Waals surface area contributed by atoms with Crippen LogP contribution in [0.4, 0.5) is 0 Å². The predicted octanol–water partition coefficient (Wildman–Crippen LogP) is 7.18. The number of carbonyl (C=O) groups excluding carboxylic acids is 2. The number of ether oxygens (including phenoxy) is 2. The van der Waals surface area contributed by atoms with Crippen LogP contribution in [0.1, 0.15) is 116 Å². The minimum Gasteiger partial charge on any atom is -0.477 e. The maximum absolute atomic E-state index is 11.9. The summed E-state index contributed by atoms with van der Waals surface area (Å²) >= 11 is 0.949. The number of rotatable bonds is 20. The van der Waals surface area contributed by atoms with E-state index in [1.165, 1.54) is 69.9 Å². The average molecular weight is 481 g/mol. The van der Waals surface area contributed by atoms with Gasteiger partial charge in [0.25, 0.3) is 0 Å². The van der Waals surface area contributed by atoms with Crippen LogP contribution >= 0.6 is 11.3 Å². The number of carboxylic acid groups (broad SMARTS) is 1. The molecule has 0 amide bonds. The molecular formula is C26H40O6S. The Morgan fingerprint density at radius 3 is 1.52 bits per heavy atom. The molecule has 0 radical (unpaired) electrons. The number of aromatic carboxylic acids is 1. The monoisotopic (exact) mass is 480 g/mol. The van der Waals surface area contributed by atoms with Gasteiger partial charge in [0.05, 0.1) is 13.2 Å². The van der Waals surface area contributed by atoms with Gasteiger partial charge in [-0.3, -0.25) is 0 Å². The molecule has 0 atom stereocenters. The van der Waals surface area contributed by atoms with Crippen LogP contribution < -0.4 is 0 Å². The molecule has 6 nitrogen and oxygen atoms in total. The van der Waals surface area contributed by atoms with Crippen molar-refractivity contribution >= 4 is 29.2 Å². The number of unbranched alkanes of at least 4 members (excludes halogenated alkanes) is 13. The Bertz CT molecular complexity index is 724. The Hall–Kier alpha value is -2.15. The van der Waals surface area contributed by atoms with Crippen molar-refractivity contribution in [2.45, 2.75) is 96.8 Å². The molecule has 1 rings (SSSR count). The third-order valence-corrected chi connectivity index (χ3v) is 6.42. The van der Waals surface area contributed by atoms with E-state index < -0.39 is 11.9 Å². The first kappa shape index (κ1) is 28.9. The van der Waals surface area contributed by atoms with E-state index in [2.05, 4.69) is 6.58 Å². The minimum absolute atomic E-state index is 0.151. The van der Waals surface area contributed by atoms with Crippen molar-refractivity contribution in [2.75, 3.05) is 13.2 Å². The van der Waals surface area contributed by atoms with Crippen LogP contribution in [0.15, 0.2) is 24.3 Å². The van der Waals surface area contributed by atoms with Gasteiger partial charge in [0.1, 0.15) is 9.75 Å². The lowest BCUT2D eigenvalue weighted by atomic mass is 10.0. The summed E-state index contributed by atoms with van der Waals surface area (Å²) in [5.74, 6) is -1.74. The van der Waals surface area contributed by atoms with E-state index in [0.717, 1.165) is 43.4 Å². The van der Waals surface area contributed by atoms with Crippen molar-refractivity contribution in [1.82, 2.24) is 0 Å². The summed E-state index contributed by atoms with van der Waals surface area (Å²) in [6, 6.07) is 2.93. The first-order chi connectivity index (χ1) is 15.9. The van der Waals surface area contributed by atoms with E-state index >= 15 is 0 Å². The lowest BCUT2D eigenvalue weighted by Gasteiger charge is -2.05. The van der Waals surface area contributed by atoms with E-state index in [4.69, 9.17) is 14.6 Å². The SMILES string of the molecule is C=C(C)C(=O)OCCCCCCCCCCCCCCCCOC(=O)c1ccc(C(=O)O)s1. The molecule has 0 aliphatic rings. The molecule has 186 valence electrons. The van der Waals surface area contributed by atoms with Gasteiger partial charge in [-0.1, -0.05) is 83.6 Å². The molecular weight excluding hydrogens is 440 g/mol. The number of hydrogen-bond donors (Lipinski definition) is 1. The Balaban J connectivity index is 1.80. The highest BCUT2D eigenvalue weighted by atomic mass is 32.1. The Morgan fingerprint density at radius 2 is 1.12 bits per heavy atom. The lowest BCUT2D eigenvalue weighted by Crippen LogP contribution is -2.05. The van der Waals surface area contributed by atoms with E-state index in [1.807, 2.05) is 0 Å². The number of esters is 2. The summed E-state index contributed by atoms with van der Waals surface area (Å²) in [6.07, 6.45) is 16.5. The maximum Gasteiger partial charge on any atom is 0.348 e. The van der Waals surface area contributed by atoms with Gasteiger partial charge in [0.15, 0.2) is 0 Å². The van der Waals surface area contributed by atoms with Gasteiger partial charge in [-0.05, 0) is 31.9 Å². The summed E-state index contributed by atoms with van der Waals surface area (Å²) in [5.41, 5.74) is 0.461. The molecule has 1 N–H and O–H groups in total. The normalized spacial score (nSPS) is 10.7. The van der Waals surface area contributed by atoms with Crippen molar-refractivity contribution in [3.63, 3.8) is 0 Å². The number of carbonyl (C=O) groups is 3. The molecule has 1 aromatic heterocycles. The van der Waals surface area contributed by atoms with Crippen LogP contribution in [0.25, 0.3) is 0 Å². The van der Waals surface area contributed by atoms with Crippen LogP contribution in [0.2, 0.25) is 0 Å². The van der Waals surface area contributed by atoms with Gasteiger partial charge in [-0.2, -0.15) is 0 Å². The van der Waals surface area contributed by atoms with Gasteiger partial charge in [0, 0.05) is 5.57 Å². The summed E-state index contributed by atoms with van der Waals surface area (Å²) in [5, 5.41) is 8.88. The lowest BCUT2D eigenvalue weighted by molar-refractivity contribution is -0.139. The molecule has 0 aliphatic carbocycles. The first-order valence-corrected chi connectivity index (χ1v) is 13.1. The zero-order valence-corrected chi connectivity index (χ0v) is 20.9. The van der Waals surface area contributed by atoms with E-state index in [0.29, 0.717) is 23.7 Å². The predicted molar refractivity (Wildman–Crippen MR) is 132 cm³/mol. The zero-order chi connectivity index (χ0) is 24.3. The number of thiophene rings is 1. The molecule has 0 saturated heterocycles. The molecule has 0 fully saturated rings. The molecule has 0 spiro atoms. The quantitative estimate of drug-likeness (QED) is 0.121. The Kier molecular flexibility index (Phi) is 16.0. The molecule has 0 bridgehead atoms. The summed E-state index contributed by atoms with van der Waals surface area (Å²) in [6.45, 7) is 6.12. The van der Waals surface area contributed by atoms with Crippen LogP contribution in [0.3, 0.4) is 0 Å². The van der Waals surface area contributed by atoms with Crippen molar-refractivity contribution < 1.29 is 29.0 Å². The van der Waals surface area contributed by atoms with Crippen LogP contribution in [-0.2, 0) is 14.3 Å². The molecule has 33 heavy (non-hydrogen) atoms. The van der Waals surface area contributed by atoms with Gasteiger partial charge in [0.2, 0.25) is 0 Å². The third-order valence-electron chi connectivity index (χ3n) is 5.37. The van der Waals surface area contributed by atoms with Crippen molar-refractivity contribution in [3.05, 3.63) is 34.0 Å². The second kappa shape index (κ2) is 18.3. The van der Waals surface area contributed by atoms with Crippen molar-refractivity contribution in [1.29, 1.82) is 0 Å². The summed E-state index contributed by atoms with van der Waals surface area (Å²) < 4.78 is 10.3. The Morgan fingerprint density at radius 1 is 0.727 bits per heavy atom. The fraction of sp³-hybridized carbons (Fsp3) is 0.654. The molecule has 7 heteroatoms. The van der Waals surface area contributed by atoms with Gasteiger partial charge >= 0.3 is 17.9 Å². The second-order valence-electron chi connectivity index (χ2n) is 8.47. The Labute approximate surface area is 202 Å². The zero-order valence-electron chi connectivity index (χ0n) is 20.1. The first-order valence-electron chi connectivity index (χ1n) is 12.2. The van der Waals surface area contributed by atoms with E-state index in [1.54, 1.807) is 6.92 Å². The second-order valence-corrected chi connectivity index (χ2v) is 9.55. The third kappa shape index (κ3) is 14.6. The van der Waals surface area contributed by atoms with Crippen molar-refractivity contribution in [3.8, 4) is 0 Å². The summed E-state index contributed by atoms with van der Waals surface area (Å²) in [7, 11) is 0. The number of hydrogen-bond acceptors (Lipinski definition) is 6. The highest BCUT2D eigenvalue weighted by Gasteiger charge is 2.13. The standard InChI is InChI=1S/C26H40O6S/c1-21(2)25(29)31-19-15-13-11-9-7-5-3-4-6-8-10-12-14-16-20-32-26(30)23-18-17-22(33-23)24(27)28/h17-18H,1,3-16,19-20H2,2H3,(H,27,28). The molecule has 1 aromatic rings. The summed E-state index contributed by atoms with van der Waals surface area (Å²) in [4.78, 5) is 34.4. The van der Waals surface area contributed by atoms with Gasteiger partial charge in [-0.15, -0.1) is 11.3 Å². The molecule has 1 heterocycles. The van der Waals surface area contributed by atoms with Gasteiger partial charge < -0.3 is 14.6 Å². The smallest absolute Gasteiger partial charge is 0.348 e. The van der Waals surface area contributed by atoms with Gasteiger partial charge in [-0.25, -0.2) is 14.4 Å². The molecule has 0 aromatic carbocycles.